The van der Waals surface area contributed by atoms with Crippen LogP contribution in [0.15, 0.2) is 48.5 Å². The number of rotatable bonds is 4. The van der Waals surface area contributed by atoms with Gasteiger partial charge in [-0.25, -0.2) is 4.39 Å². The van der Waals surface area contributed by atoms with Crippen LogP contribution >= 0.6 is 11.6 Å². The molecule has 1 atom stereocenters. The monoisotopic (exact) mass is 302 g/mol. The van der Waals surface area contributed by atoms with Crippen LogP contribution in [0.3, 0.4) is 0 Å². The van der Waals surface area contributed by atoms with Crippen LogP contribution < -0.4 is 0 Å². The first-order valence-electron chi connectivity index (χ1n) is 6.91. The average molecular weight is 303 g/mol. The highest BCUT2D eigenvalue weighted by molar-refractivity contribution is 6.18. The maximum Gasteiger partial charge on any atom is 0.123 e. The van der Waals surface area contributed by atoms with Crippen LogP contribution in [-0.4, -0.2) is 15.7 Å². The summed E-state index contributed by atoms with van der Waals surface area (Å²) < 4.78 is 14.9. The van der Waals surface area contributed by atoms with Crippen LogP contribution in [0.1, 0.15) is 17.2 Å². The Morgan fingerprint density at radius 3 is 2.57 bits per heavy atom. The van der Waals surface area contributed by atoms with E-state index < -0.39 is 0 Å². The SMILES string of the molecule is Cn1nc(CC(CCl)c2ccc(F)cc2)c2ccccc21. The first kappa shape index (κ1) is 14.1. The Hall–Kier alpha value is -1.87. The summed E-state index contributed by atoms with van der Waals surface area (Å²) in [6, 6.07) is 14.7. The normalized spacial score (nSPS) is 12.7. The Kier molecular flexibility index (Phi) is 3.93. The number of alkyl halides is 1. The molecular weight excluding hydrogens is 287 g/mol. The smallest absolute Gasteiger partial charge is 0.123 e. The fourth-order valence-corrected chi connectivity index (χ4v) is 2.96. The van der Waals surface area contributed by atoms with Crippen LogP contribution in [-0.2, 0) is 13.5 Å². The molecule has 3 aromatic rings. The molecule has 0 aliphatic heterocycles. The Labute approximate surface area is 128 Å². The molecule has 0 saturated heterocycles. The molecule has 0 radical (unpaired) electrons. The molecule has 21 heavy (non-hydrogen) atoms. The van der Waals surface area contributed by atoms with Gasteiger partial charge >= 0.3 is 0 Å². The van der Waals surface area contributed by atoms with Gasteiger partial charge in [0.15, 0.2) is 0 Å². The van der Waals surface area contributed by atoms with Crippen LogP contribution in [0.4, 0.5) is 4.39 Å². The van der Waals surface area contributed by atoms with E-state index in [-0.39, 0.29) is 11.7 Å². The summed E-state index contributed by atoms with van der Waals surface area (Å²) in [5, 5.41) is 5.75. The summed E-state index contributed by atoms with van der Waals surface area (Å²) >= 11 is 6.12. The Bertz CT molecular complexity index is 749. The van der Waals surface area contributed by atoms with E-state index in [4.69, 9.17) is 11.6 Å². The van der Waals surface area contributed by atoms with Gasteiger partial charge in [-0.3, -0.25) is 4.68 Å². The van der Waals surface area contributed by atoms with Gasteiger partial charge in [-0.1, -0.05) is 30.3 Å². The lowest BCUT2D eigenvalue weighted by Gasteiger charge is -2.13. The Balaban J connectivity index is 1.94. The Morgan fingerprint density at radius 2 is 1.86 bits per heavy atom. The van der Waals surface area contributed by atoms with Crippen molar-refractivity contribution in [1.29, 1.82) is 0 Å². The minimum absolute atomic E-state index is 0.130. The largest absolute Gasteiger partial charge is 0.268 e. The molecule has 0 aliphatic rings. The lowest BCUT2D eigenvalue weighted by atomic mass is 9.95. The van der Waals surface area contributed by atoms with Crippen molar-refractivity contribution in [1.82, 2.24) is 9.78 Å². The van der Waals surface area contributed by atoms with E-state index in [0.29, 0.717) is 5.88 Å². The van der Waals surface area contributed by atoms with Gasteiger partial charge < -0.3 is 0 Å². The summed E-state index contributed by atoms with van der Waals surface area (Å²) in [6.07, 6.45) is 0.747. The van der Waals surface area contributed by atoms with E-state index in [1.54, 1.807) is 12.1 Å². The summed E-state index contributed by atoms with van der Waals surface area (Å²) in [5.41, 5.74) is 3.18. The first-order valence-corrected chi connectivity index (χ1v) is 7.44. The van der Waals surface area contributed by atoms with E-state index >= 15 is 0 Å². The molecule has 0 saturated carbocycles. The molecule has 4 heteroatoms. The van der Waals surface area contributed by atoms with Crippen molar-refractivity contribution in [2.24, 2.45) is 7.05 Å². The maximum atomic E-state index is 13.0. The standard InChI is InChI=1S/C17H16ClFN2/c1-21-17-5-3-2-4-15(17)16(20-21)10-13(11-18)12-6-8-14(19)9-7-12/h2-9,13H,10-11H2,1H3. The molecule has 0 amide bonds. The van der Waals surface area contributed by atoms with Gasteiger partial charge in [-0.15, -0.1) is 11.6 Å². The molecule has 0 aliphatic carbocycles. The molecule has 1 unspecified atom stereocenters. The predicted molar refractivity (Wildman–Crippen MR) is 84.3 cm³/mol. The van der Waals surface area contributed by atoms with Crippen molar-refractivity contribution >= 4 is 22.5 Å². The molecule has 108 valence electrons. The summed E-state index contributed by atoms with van der Waals surface area (Å²) in [5.74, 6) is 0.386. The average Bonchev–Trinajstić information content (AvgIpc) is 2.83. The zero-order chi connectivity index (χ0) is 14.8. The van der Waals surface area contributed by atoms with E-state index in [1.165, 1.54) is 12.1 Å². The zero-order valence-electron chi connectivity index (χ0n) is 11.8. The highest BCUT2D eigenvalue weighted by Gasteiger charge is 2.16. The lowest BCUT2D eigenvalue weighted by molar-refractivity contribution is 0.625. The predicted octanol–water partition coefficient (Wildman–Crippen LogP) is 4.28. The fourth-order valence-electron chi connectivity index (χ4n) is 2.67. The van der Waals surface area contributed by atoms with Crippen molar-refractivity contribution in [2.45, 2.75) is 12.3 Å². The molecular formula is C17H16ClFN2. The third-order valence-corrected chi connectivity index (χ3v) is 4.17. The number of aryl methyl sites for hydroxylation is 1. The fraction of sp³-hybridized carbons (Fsp3) is 0.235. The molecule has 0 bridgehead atoms. The van der Waals surface area contributed by atoms with Crippen LogP contribution in [0.25, 0.3) is 10.9 Å². The maximum absolute atomic E-state index is 13.0. The van der Waals surface area contributed by atoms with Crippen LogP contribution in [0.2, 0.25) is 0 Å². The first-order chi connectivity index (χ1) is 10.2. The molecule has 0 spiro atoms. The summed E-state index contributed by atoms with van der Waals surface area (Å²) in [6.45, 7) is 0. The molecule has 2 aromatic carbocycles. The zero-order valence-corrected chi connectivity index (χ0v) is 12.5. The minimum Gasteiger partial charge on any atom is -0.268 e. The third kappa shape index (κ3) is 2.79. The van der Waals surface area contributed by atoms with E-state index in [0.717, 1.165) is 28.6 Å². The summed E-state index contributed by atoms with van der Waals surface area (Å²) in [7, 11) is 1.94. The van der Waals surface area contributed by atoms with Crippen molar-refractivity contribution in [3.05, 3.63) is 65.6 Å². The number of nitrogens with zero attached hydrogens (tertiary/aromatic N) is 2. The minimum atomic E-state index is -0.227. The van der Waals surface area contributed by atoms with Crippen molar-refractivity contribution in [2.75, 3.05) is 5.88 Å². The van der Waals surface area contributed by atoms with Crippen LogP contribution in [0, 0.1) is 5.82 Å². The van der Waals surface area contributed by atoms with E-state index in [2.05, 4.69) is 17.2 Å². The number of aromatic nitrogens is 2. The second kappa shape index (κ2) is 5.86. The van der Waals surface area contributed by atoms with Gasteiger partial charge in [0.25, 0.3) is 0 Å². The van der Waals surface area contributed by atoms with Gasteiger partial charge in [-0.2, -0.15) is 5.10 Å². The molecule has 0 fully saturated rings. The highest BCUT2D eigenvalue weighted by atomic mass is 35.5. The highest BCUT2D eigenvalue weighted by Crippen LogP contribution is 2.26. The number of hydrogen-bond acceptors (Lipinski definition) is 1. The number of halogens is 2. The molecule has 0 N–H and O–H groups in total. The summed E-state index contributed by atoms with van der Waals surface area (Å²) in [4.78, 5) is 0. The lowest BCUT2D eigenvalue weighted by Crippen LogP contribution is -2.06. The second-order valence-electron chi connectivity index (χ2n) is 5.19. The molecule has 3 rings (SSSR count). The Morgan fingerprint density at radius 1 is 1.14 bits per heavy atom. The van der Waals surface area contributed by atoms with Crippen molar-refractivity contribution in [3.63, 3.8) is 0 Å². The molecule has 1 heterocycles. The second-order valence-corrected chi connectivity index (χ2v) is 5.50. The number of fused-ring (bicyclic) bond motifs is 1. The molecule has 2 nitrogen and oxygen atoms in total. The van der Waals surface area contributed by atoms with Crippen molar-refractivity contribution < 1.29 is 4.39 Å². The van der Waals surface area contributed by atoms with E-state index in [1.807, 2.05) is 23.9 Å². The number of hydrogen-bond donors (Lipinski definition) is 0. The van der Waals surface area contributed by atoms with Gasteiger partial charge in [0.2, 0.25) is 0 Å². The van der Waals surface area contributed by atoms with Crippen LogP contribution in [0.5, 0.6) is 0 Å². The van der Waals surface area contributed by atoms with Crippen molar-refractivity contribution in [3.8, 4) is 0 Å². The third-order valence-electron chi connectivity index (χ3n) is 3.80. The quantitative estimate of drug-likeness (QED) is 0.658. The van der Waals surface area contributed by atoms with Gasteiger partial charge in [0, 0.05) is 30.7 Å². The van der Waals surface area contributed by atoms with Gasteiger partial charge in [0.1, 0.15) is 5.82 Å². The van der Waals surface area contributed by atoms with E-state index in [9.17, 15) is 4.39 Å². The number of para-hydroxylation sites is 1. The van der Waals surface area contributed by atoms with Gasteiger partial charge in [-0.05, 0) is 23.8 Å². The number of benzene rings is 2. The van der Waals surface area contributed by atoms with Gasteiger partial charge in [0.05, 0.1) is 11.2 Å². The molecule has 1 aromatic heterocycles. The topological polar surface area (TPSA) is 17.8 Å².